The quantitative estimate of drug-likeness (QED) is 0.844. The van der Waals surface area contributed by atoms with E-state index < -0.39 is 6.04 Å². The summed E-state index contributed by atoms with van der Waals surface area (Å²) in [5, 5.41) is 0. The van der Waals surface area contributed by atoms with Crippen LogP contribution in [-0.4, -0.2) is 54.5 Å². The lowest BCUT2D eigenvalue weighted by atomic mass is 9.97. The summed E-state index contributed by atoms with van der Waals surface area (Å²) in [6.07, 6.45) is 1.63. The minimum Gasteiger partial charge on any atom is -0.445 e. The van der Waals surface area contributed by atoms with E-state index in [0.717, 1.165) is 18.4 Å². The number of amides is 2. The third-order valence-corrected chi connectivity index (χ3v) is 4.89. The van der Waals surface area contributed by atoms with Crippen molar-refractivity contribution in [2.24, 2.45) is 17.6 Å². The molecular weight excluding hydrogens is 330 g/mol. The lowest BCUT2D eigenvalue weighted by molar-refractivity contribution is -0.133. The van der Waals surface area contributed by atoms with Crippen molar-refractivity contribution in [1.82, 2.24) is 9.80 Å². The predicted molar refractivity (Wildman–Crippen MR) is 101 cm³/mol. The Morgan fingerprint density at radius 2 is 2.00 bits per heavy atom. The molecule has 1 aromatic carbocycles. The normalized spacial score (nSPS) is 18.5. The average Bonchev–Trinajstić information content (AvgIpc) is 2.65. The fraction of sp³-hybridized carbons (Fsp3) is 0.600. The number of benzene rings is 1. The number of carbonyl (C=O) groups excluding carboxylic acids is 2. The molecule has 0 aliphatic carbocycles. The van der Waals surface area contributed by atoms with Gasteiger partial charge < -0.3 is 20.3 Å². The zero-order valence-electron chi connectivity index (χ0n) is 16.1. The highest BCUT2D eigenvalue weighted by molar-refractivity contribution is 5.81. The summed E-state index contributed by atoms with van der Waals surface area (Å²) in [6, 6.07) is 9.18. The topological polar surface area (TPSA) is 75.9 Å². The van der Waals surface area contributed by atoms with E-state index in [0.29, 0.717) is 19.6 Å². The average molecular weight is 361 g/mol. The van der Waals surface area contributed by atoms with Crippen LogP contribution in [-0.2, 0) is 16.1 Å². The molecule has 1 fully saturated rings. The third-order valence-electron chi connectivity index (χ3n) is 4.89. The van der Waals surface area contributed by atoms with E-state index in [2.05, 4.69) is 0 Å². The first kappa shape index (κ1) is 20.2. The molecule has 0 radical (unpaired) electrons. The van der Waals surface area contributed by atoms with Crippen molar-refractivity contribution in [3.05, 3.63) is 35.9 Å². The van der Waals surface area contributed by atoms with E-state index in [1.54, 1.807) is 16.8 Å². The molecule has 1 aromatic rings. The van der Waals surface area contributed by atoms with Gasteiger partial charge in [0.15, 0.2) is 0 Å². The molecule has 0 bridgehead atoms. The van der Waals surface area contributed by atoms with Crippen LogP contribution in [0, 0.1) is 11.8 Å². The highest BCUT2D eigenvalue weighted by Crippen LogP contribution is 2.19. The molecule has 1 saturated heterocycles. The van der Waals surface area contributed by atoms with Gasteiger partial charge in [-0.25, -0.2) is 4.79 Å². The Morgan fingerprint density at radius 1 is 1.31 bits per heavy atom. The van der Waals surface area contributed by atoms with Crippen molar-refractivity contribution in [2.75, 3.05) is 26.7 Å². The summed E-state index contributed by atoms with van der Waals surface area (Å²) < 4.78 is 5.42. The molecule has 2 atom stereocenters. The number of hydrogen-bond donors (Lipinski definition) is 1. The molecule has 1 aliphatic rings. The monoisotopic (exact) mass is 361 g/mol. The van der Waals surface area contributed by atoms with E-state index in [9.17, 15) is 9.59 Å². The highest BCUT2D eigenvalue weighted by Gasteiger charge is 2.28. The van der Waals surface area contributed by atoms with E-state index in [4.69, 9.17) is 10.5 Å². The molecular formula is C20H31N3O3. The van der Waals surface area contributed by atoms with Crippen LogP contribution >= 0.6 is 0 Å². The molecule has 144 valence electrons. The number of carbonyl (C=O) groups is 2. The molecule has 1 heterocycles. The highest BCUT2D eigenvalue weighted by atomic mass is 16.6. The molecule has 26 heavy (non-hydrogen) atoms. The fourth-order valence-electron chi connectivity index (χ4n) is 3.21. The predicted octanol–water partition coefficient (Wildman–Crippen LogP) is 2.48. The van der Waals surface area contributed by atoms with Crippen LogP contribution in [0.4, 0.5) is 4.79 Å². The number of ether oxygens (including phenoxy) is 1. The van der Waals surface area contributed by atoms with E-state index in [1.165, 1.54) is 0 Å². The van der Waals surface area contributed by atoms with E-state index >= 15 is 0 Å². The maximum atomic E-state index is 12.3. The van der Waals surface area contributed by atoms with Crippen LogP contribution in [0.25, 0.3) is 0 Å². The number of nitrogens with zero attached hydrogens (tertiary/aromatic N) is 2. The smallest absolute Gasteiger partial charge is 0.410 e. The van der Waals surface area contributed by atoms with Gasteiger partial charge in [0.05, 0.1) is 6.04 Å². The van der Waals surface area contributed by atoms with Gasteiger partial charge >= 0.3 is 6.09 Å². The van der Waals surface area contributed by atoms with Crippen LogP contribution in [0.3, 0.4) is 0 Å². The van der Waals surface area contributed by atoms with E-state index in [1.807, 2.05) is 44.2 Å². The molecule has 2 N–H and O–H groups in total. The first-order valence-electron chi connectivity index (χ1n) is 9.34. The van der Waals surface area contributed by atoms with Crippen molar-refractivity contribution >= 4 is 12.0 Å². The maximum absolute atomic E-state index is 12.3. The summed E-state index contributed by atoms with van der Waals surface area (Å²) in [5.74, 6) is 0.325. The first-order valence-corrected chi connectivity index (χ1v) is 9.34. The molecule has 0 aromatic heterocycles. The van der Waals surface area contributed by atoms with Gasteiger partial charge in [-0.15, -0.1) is 0 Å². The van der Waals surface area contributed by atoms with Crippen LogP contribution in [0.5, 0.6) is 0 Å². The Bertz CT molecular complexity index is 591. The van der Waals surface area contributed by atoms with Crippen LogP contribution < -0.4 is 5.73 Å². The van der Waals surface area contributed by atoms with Crippen LogP contribution in [0.15, 0.2) is 30.3 Å². The fourth-order valence-corrected chi connectivity index (χ4v) is 3.21. The summed E-state index contributed by atoms with van der Waals surface area (Å²) in [5.41, 5.74) is 6.94. The van der Waals surface area contributed by atoms with Crippen molar-refractivity contribution in [3.8, 4) is 0 Å². The van der Waals surface area contributed by atoms with Crippen molar-refractivity contribution in [3.63, 3.8) is 0 Å². The number of likely N-dealkylation sites (tertiary alicyclic amines) is 1. The Labute approximate surface area is 156 Å². The lowest BCUT2D eigenvalue weighted by Crippen LogP contribution is -2.49. The van der Waals surface area contributed by atoms with Crippen LogP contribution in [0.1, 0.15) is 32.3 Å². The van der Waals surface area contributed by atoms with Gasteiger partial charge in [-0.05, 0) is 30.2 Å². The molecule has 2 rings (SSSR count). The Hall–Kier alpha value is -2.08. The largest absolute Gasteiger partial charge is 0.445 e. The Balaban J connectivity index is 1.82. The first-order chi connectivity index (χ1) is 12.4. The summed E-state index contributed by atoms with van der Waals surface area (Å²) in [7, 11) is 1.79. The zero-order chi connectivity index (χ0) is 19.1. The van der Waals surface area contributed by atoms with Crippen molar-refractivity contribution in [2.45, 2.75) is 39.3 Å². The van der Waals surface area contributed by atoms with Gasteiger partial charge in [-0.3, -0.25) is 4.79 Å². The number of likely N-dealkylation sites (N-methyl/N-ethyl adjacent to an activating group) is 1. The summed E-state index contributed by atoms with van der Waals surface area (Å²) in [4.78, 5) is 28.1. The standard InChI is InChI=1S/C20H31N3O3/c1-15(2)18(21)19(24)22(3)12-17-10-7-11-23(13-17)20(25)26-14-16-8-5-4-6-9-16/h4-6,8-9,15,17-18H,7,10-14,21H2,1-3H3/t17-,18-/m0/s1. The van der Waals surface area contributed by atoms with Gasteiger partial charge in [0.1, 0.15) is 6.61 Å². The zero-order valence-corrected chi connectivity index (χ0v) is 16.1. The van der Waals surface area contributed by atoms with Crippen molar-refractivity contribution in [1.29, 1.82) is 0 Å². The molecule has 6 nitrogen and oxygen atoms in total. The third kappa shape index (κ3) is 5.73. The van der Waals surface area contributed by atoms with Gasteiger partial charge in [0.2, 0.25) is 5.91 Å². The van der Waals surface area contributed by atoms with Gasteiger partial charge in [-0.2, -0.15) is 0 Å². The van der Waals surface area contributed by atoms with E-state index in [-0.39, 0.29) is 30.4 Å². The van der Waals surface area contributed by atoms with Gasteiger partial charge in [0, 0.05) is 26.7 Å². The number of hydrogen-bond acceptors (Lipinski definition) is 4. The minimum atomic E-state index is -0.476. The second kappa shape index (κ2) is 9.57. The molecule has 0 saturated carbocycles. The van der Waals surface area contributed by atoms with Crippen LogP contribution in [0.2, 0.25) is 0 Å². The Kier molecular flexibility index (Phi) is 7.45. The summed E-state index contributed by atoms with van der Waals surface area (Å²) >= 11 is 0. The number of rotatable bonds is 6. The van der Waals surface area contributed by atoms with Gasteiger partial charge in [0.25, 0.3) is 0 Å². The summed E-state index contributed by atoms with van der Waals surface area (Å²) in [6.45, 7) is 6.10. The van der Waals surface area contributed by atoms with Gasteiger partial charge in [-0.1, -0.05) is 44.2 Å². The van der Waals surface area contributed by atoms with Crippen molar-refractivity contribution < 1.29 is 14.3 Å². The molecule has 1 aliphatic heterocycles. The second-order valence-corrected chi connectivity index (χ2v) is 7.48. The molecule has 0 unspecified atom stereocenters. The maximum Gasteiger partial charge on any atom is 0.410 e. The lowest BCUT2D eigenvalue weighted by Gasteiger charge is -2.35. The number of piperidine rings is 1. The Morgan fingerprint density at radius 3 is 2.65 bits per heavy atom. The minimum absolute atomic E-state index is 0.0382. The molecule has 6 heteroatoms. The second-order valence-electron chi connectivity index (χ2n) is 7.48. The molecule has 0 spiro atoms. The SMILES string of the molecule is CC(C)[C@H](N)C(=O)N(C)C[C@@H]1CCCN(C(=O)OCc2ccccc2)C1. The number of nitrogens with two attached hydrogens (primary N) is 1. The molecule has 2 amide bonds.